The summed E-state index contributed by atoms with van der Waals surface area (Å²) >= 11 is 0. The molecule has 2 saturated carbocycles. The number of ether oxygens (including phenoxy) is 1. The van der Waals surface area contributed by atoms with Gasteiger partial charge in [-0.1, -0.05) is 6.58 Å². The normalized spacial score (nSPS) is 32.3. The molecule has 0 saturated heterocycles. The number of fused-ring (bicyclic) bond motifs is 2. The molecule has 2 aliphatic rings. The van der Waals surface area contributed by atoms with Crippen LogP contribution in [0.5, 0.6) is 0 Å². The van der Waals surface area contributed by atoms with Crippen LogP contribution in [0.15, 0.2) is 12.2 Å². The van der Waals surface area contributed by atoms with Gasteiger partial charge in [-0.05, 0) is 37.5 Å². The molecule has 3 nitrogen and oxygen atoms in total. The van der Waals surface area contributed by atoms with E-state index in [1.807, 2.05) is 6.07 Å². The Morgan fingerprint density at radius 2 is 2.27 bits per heavy atom. The van der Waals surface area contributed by atoms with Crippen LogP contribution in [0.3, 0.4) is 0 Å². The molecule has 0 amide bonds. The van der Waals surface area contributed by atoms with Crippen LogP contribution in [-0.2, 0) is 9.53 Å². The smallest absolute Gasteiger partial charge is 0.334 e. The number of hydrogen-bond donors (Lipinski definition) is 0. The zero-order valence-electron chi connectivity index (χ0n) is 8.74. The molecule has 15 heavy (non-hydrogen) atoms. The molecule has 3 heteroatoms. The number of rotatable bonds is 3. The van der Waals surface area contributed by atoms with Crippen molar-refractivity contribution in [1.82, 2.24) is 0 Å². The zero-order chi connectivity index (χ0) is 10.8. The molecule has 0 aromatic carbocycles. The van der Waals surface area contributed by atoms with Crippen molar-refractivity contribution in [3.05, 3.63) is 12.2 Å². The maximum Gasteiger partial charge on any atom is 0.334 e. The van der Waals surface area contributed by atoms with E-state index in [2.05, 4.69) is 6.58 Å². The lowest BCUT2D eigenvalue weighted by atomic mass is 9.98. The van der Waals surface area contributed by atoms with E-state index < -0.39 is 0 Å². The number of esters is 1. The summed E-state index contributed by atoms with van der Waals surface area (Å²) < 4.78 is 5.37. The van der Waals surface area contributed by atoms with Gasteiger partial charge in [0.2, 0.25) is 0 Å². The summed E-state index contributed by atoms with van der Waals surface area (Å²) in [6.07, 6.45) is 4.86. The third-order valence-electron chi connectivity index (χ3n) is 3.51. The van der Waals surface area contributed by atoms with Crippen molar-refractivity contribution < 1.29 is 9.53 Å². The van der Waals surface area contributed by atoms with E-state index in [0.717, 1.165) is 12.3 Å². The molecular weight excluding hydrogens is 190 g/mol. The first-order chi connectivity index (χ1) is 7.20. The monoisotopic (exact) mass is 205 g/mol. The molecule has 0 aromatic heterocycles. The second-order valence-corrected chi connectivity index (χ2v) is 4.56. The fourth-order valence-electron chi connectivity index (χ4n) is 2.72. The van der Waals surface area contributed by atoms with Crippen LogP contribution in [-0.4, -0.2) is 12.1 Å². The van der Waals surface area contributed by atoms with Crippen LogP contribution in [0.25, 0.3) is 0 Å². The van der Waals surface area contributed by atoms with Gasteiger partial charge < -0.3 is 4.74 Å². The third-order valence-corrected chi connectivity index (χ3v) is 3.51. The molecule has 80 valence electrons. The first kappa shape index (κ1) is 10.2. The highest BCUT2D eigenvalue weighted by molar-refractivity contribution is 5.88. The number of nitrogens with zero attached hydrogens (tertiary/aromatic N) is 1. The SMILES string of the molecule is C=C(CC#N)C(=O)OC1CC2CCC1C2. The Hall–Kier alpha value is -1.30. The highest BCUT2D eigenvalue weighted by Gasteiger charge is 2.41. The highest BCUT2D eigenvalue weighted by atomic mass is 16.5. The lowest BCUT2D eigenvalue weighted by Gasteiger charge is -2.21. The Balaban J connectivity index is 1.85. The Kier molecular flexibility index (Phi) is 2.77. The summed E-state index contributed by atoms with van der Waals surface area (Å²) in [6.45, 7) is 3.55. The maximum absolute atomic E-state index is 11.5. The average molecular weight is 205 g/mol. The standard InChI is InChI=1S/C12H15NO2/c1-8(4-5-13)12(14)15-11-7-9-2-3-10(11)6-9/h9-11H,1-4,6-7H2. The number of carbonyl (C=O) groups is 1. The van der Waals surface area contributed by atoms with Crippen molar-refractivity contribution in [1.29, 1.82) is 5.26 Å². The summed E-state index contributed by atoms with van der Waals surface area (Å²) in [5.41, 5.74) is 0.278. The van der Waals surface area contributed by atoms with Crippen molar-refractivity contribution in [2.45, 2.75) is 38.2 Å². The van der Waals surface area contributed by atoms with Gasteiger partial charge >= 0.3 is 5.97 Å². The highest BCUT2D eigenvalue weighted by Crippen LogP contribution is 2.45. The van der Waals surface area contributed by atoms with E-state index >= 15 is 0 Å². The average Bonchev–Trinajstić information content (AvgIpc) is 2.79. The van der Waals surface area contributed by atoms with Gasteiger partial charge in [0.1, 0.15) is 6.10 Å². The quantitative estimate of drug-likeness (QED) is 0.524. The molecule has 2 aliphatic carbocycles. The van der Waals surface area contributed by atoms with Crippen LogP contribution in [0.4, 0.5) is 0 Å². The lowest BCUT2D eigenvalue weighted by Crippen LogP contribution is -2.24. The molecule has 0 N–H and O–H groups in total. The summed E-state index contributed by atoms with van der Waals surface area (Å²) in [4.78, 5) is 11.5. The van der Waals surface area contributed by atoms with Crippen LogP contribution >= 0.6 is 0 Å². The van der Waals surface area contributed by atoms with Gasteiger partial charge in [-0.3, -0.25) is 0 Å². The number of carbonyl (C=O) groups excluding carboxylic acids is 1. The molecule has 2 rings (SSSR count). The predicted octanol–water partition coefficient (Wildman–Crippen LogP) is 2.19. The van der Waals surface area contributed by atoms with Gasteiger partial charge in [0, 0.05) is 5.57 Å². The number of hydrogen-bond acceptors (Lipinski definition) is 3. The Labute approximate surface area is 89.7 Å². The maximum atomic E-state index is 11.5. The van der Waals surface area contributed by atoms with E-state index in [0.29, 0.717) is 5.92 Å². The third kappa shape index (κ3) is 2.04. The summed E-state index contributed by atoms with van der Waals surface area (Å²) in [6, 6.07) is 1.91. The molecule has 0 aromatic rings. The van der Waals surface area contributed by atoms with E-state index in [4.69, 9.17) is 10.00 Å². The summed E-state index contributed by atoms with van der Waals surface area (Å²) in [5, 5.41) is 8.43. The molecule has 0 radical (unpaired) electrons. The van der Waals surface area contributed by atoms with Crippen LogP contribution in [0, 0.1) is 23.2 Å². The topological polar surface area (TPSA) is 50.1 Å². The minimum Gasteiger partial charge on any atom is -0.459 e. The predicted molar refractivity (Wildman–Crippen MR) is 54.7 cm³/mol. The fraction of sp³-hybridized carbons (Fsp3) is 0.667. The molecule has 0 aliphatic heterocycles. The molecule has 3 unspecified atom stereocenters. The Morgan fingerprint density at radius 1 is 1.47 bits per heavy atom. The van der Waals surface area contributed by atoms with Crippen molar-refractivity contribution in [3.63, 3.8) is 0 Å². The second-order valence-electron chi connectivity index (χ2n) is 4.56. The number of nitriles is 1. The first-order valence-electron chi connectivity index (χ1n) is 5.46. The van der Waals surface area contributed by atoms with Gasteiger partial charge in [0.25, 0.3) is 0 Å². The summed E-state index contributed by atoms with van der Waals surface area (Å²) in [5.74, 6) is 0.944. The van der Waals surface area contributed by atoms with Gasteiger partial charge in [-0.25, -0.2) is 4.79 Å². The van der Waals surface area contributed by atoms with E-state index in [9.17, 15) is 4.79 Å². The minimum absolute atomic E-state index is 0.0691. The van der Waals surface area contributed by atoms with E-state index in [-0.39, 0.29) is 24.1 Å². The lowest BCUT2D eigenvalue weighted by molar-refractivity contribution is -0.146. The van der Waals surface area contributed by atoms with Crippen molar-refractivity contribution in [3.8, 4) is 6.07 Å². The van der Waals surface area contributed by atoms with Crippen LogP contribution in [0.1, 0.15) is 32.1 Å². The molecule has 0 spiro atoms. The second kappa shape index (κ2) is 4.06. The van der Waals surface area contributed by atoms with Crippen molar-refractivity contribution in [2.24, 2.45) is 11.8 Å². The van der Waals surface area contributed by atoms with Gasteiger partial charge in [-0.15, -0.1) is 0 Å². The van der Waals surface area contributed by atoms with E-state index in [1.165, 1.54) is 19.3 Å². The molecule has 2 bridgehead atoms. The van der Waals surface area contributed by atoms with Crippen LogP contribution in [0.2, 0.25) is 0 Å². The zero-order valence-corrected chi connectivity index (χ0v) is 8.74. The Bertz CT molecular complexity index is 329. The van der Waals surface area contributed by atoms with Crippen LogP contribution < -0.4 is 0 Å². The van der Waals surface area contributed by atoms with Gasteiger partial charge in [0.05, 0.1) is 12.5 Å². The van der Waals surface area contributed by atoms with Crippen molar-refractivity contribution in [2.75, 3.05) is 0 Å². The fourth-order valence-corrected chi connectivity index (χ4v) is 2.72. The van der Waals surface area contributed by atoms with Gasteiger partial charge in [-0.2, -0.15) is 5.26 Å². The molecule has 3 atom stereocenters. The largest absolute Gasteiger partial charge is 0.459 e. The Morgan fingerprint density at radius 3 is 2.80 bits per heavy atom. The first-order valence-corrected chi connectivity index (χ1v) is 5.46. The minimum atomic E-state index is -0.380. The molecule has 2 fully saturated rings. The van der Waals surface area contributed by atoms with E-state index in [1.54, 1.807) is 0 Å². The molecular formula is C12H15NO2. The van der Waals surface area contributed by atoms with Crippen molar-refractivity contribution >= 4 is 5.97 Å². The van der Waals surface area contributed by atoms with Gasteiger partial charge in [0.15, 0.2) is 0 Å². The summed E-state index contributed by atoms with van der Waals surface area (Å²) in [7, 11) is 0. The molecule has 0 heterocycles.